The van der Waals surface area contributed by atoms with Gasteiger partial charge in [0.2, 0.25) is 0 Å². The molecule has 0 aliphatic heterocycles. The average molecular weight is 283 g/mol. The largest absolute Gasteiger partial charge is 0.343 e. The Morgan fingerprint density at radius 1 is 1.69 bits per heavy atom. The fraction of sp³-hybridized carbons (Fsp3) is 0.417. The van der Waals surface area contributed by atoms with Gasteiger partial charge in [0.1, 0.15) is 5.69 Å². The number of hydrogen-bond acceptors (Lipinski definition) is 1. The highest BCUT2D eigenvalue weighted by Crippen LogP contribution is 2.15. The second-order valence-electron chi connectivity index (χ2n) is 4.05. The van der Waals surface area contributed by atoms with Crippen LogP contribution in [0.3, 0.4) is 0 Å². The molecule has 0 saturated carbocycles. The zero-order valence-electron chi connectivity index (χ0n) is 9.67. The lowest BCUT2D eigenvalue weighted by atomic mass is 10.1. The van der Waals surface area contributed by atoms with Crippen molar-refractivity contribution in [3.8, 4) is 12.3 Å². The van der Waals surface area contributed by atoms with E-state index in [2.05, 4.69) is 27.2 Å². The number of rotatable bonds is 3. The van der Waals surface area contributed by atoms with E-state index in [-0.39, 0.29) is 5.91 Å². The van der Waals surface area contributed by atoms with Crippen molar-refractivity contribution in [2.75, 3.05) is 0 Å². The molecule has 0 radical (unpaired) electrons. The van der Waals surface area contributed by atoms with Crippen LogP contribution in [0.2, 0.25) is 0 Å². The fourth-order valence-electron chi connectivity index (χ4n) is 1.31. The van der Waals surface area contributed by atoms with E-state index in [1.807, 2.05) is 17.7 Å². The molecule has 1 rings (SSSR count). The van der Waals surface area contributed by atoms with E-state index in [0.29, 0.717) is 5.69 Å². The van der Waals surface area contributed by atoms with Gasteiger partial charge in [0.25, 0.3) is 5.91 Å². The van der Waals surface area contributed by atoms with Crippen molar-refractivity contribution in [3.05, 3.63) is 22.4 Å². The van der Waals surface area contributed by atoms with E-state index < -0.39 is 5.54 Å². The number of nitrogens with one attached hydrogen (secondary N) is 1. The van der Waals surface area contributed by atoms with Crippen LogP contribution in [0.1, 0.15) is 31.3 Å². The van der Waals surface area contributed by atoms with Crippen LogP contribution in [-0.4, -0.2) is 16.0 Å². The van der Waals surface area contributed by atoms with E-state index in [1.165, 1.54) is 0 Å². The molecule has 16 heavy (non-hydrogen) atoms. The summed E-state index contributed by atoms with van der Waals surface area (Å²) in [5.41, 5.74) is -0.0236. The van der Waals surface area contributed by atoms with Gasteiger partial charge in [0.15, 0.2) is 0 Å². The van der Waals surface area contributed by atoms with Gasteiger partial charge in [0, 0.05) is 17.2 Å². The predicted molar refractivity (Wildman–Crippen MR) is 68.2 cm³/mol. The molecule has 0 fully saturated rings. The van der Waals surface area contributed by atoms with Gasteiger partial charge in [-0.05, 0) is 42.8 Å². The number of nitrogens with zero attached hydrogens (tertiary/aromatic N) is 1. The molecule has 0 aliphatic rings. The minimum Gasteiger partial charge on any atom is -0.343 e. The standard InChI is InChI=1S/C12H15BrN2O/c1-5-12(3,4)14-11(16)10-7-9(13)8-15(10)6-2/h1,7-8H,6H2,2-4H3,(H,14,16). The molecule has 0 bridgehead atoms. The maximum Gasteiger partial charge on any atom is 0.269 e. The lowest BCUT2D eigenvalue weighted by molar-refractivity contribution is 0.0920. The molecule has 0 spiro atoms. The molecule has 86 valence electrons. The fourth-order valence-corrected chi connectivity index (χ4v) is 1.77. The Labute approximate surface area is 104 Å². The number of amides is 1. The van der Waals surface area contributed by atoms with Gasteiger partial charge in [-0.2, -0.15) is 0 Å². The van der Waals surface area contributed by atoms with Crippen LogP contribution in [-0.2, 0) is 6.54 Å². The summed E-state index contributed by atoms with van der Waals surface area (Å²) in [4.78, 5) is 12.0. The number of aromatic nitrogens is 1. The first kappa shape index (κ1) is 12.9. The Kier molecular flexibility index (Phi) is 3.82. The maximum atomic E-state index is 12.0. The van der Waals surface area contributed by atoms with Crippen molar-refractivity contribution >= 4 is 21.8 Å². The zero-order chi connectivity index (χ0) is 12.3. The Morgan fingerprint density at radius 3 is 2.81 bits per heavy atom. The second-order valence-corrected chi connectivity index (χ2v) is 4.97. The molecular formula is C12H15BrN2O. The van der Waals surface area contributed by atoms with Crippen molar-refractivity contribution in [1.82, 2.24) is 9.88 Å². The van der Waals surface area contributed by atoms with Crippen molar-refractivity contribution in [1.29, 1.82) is 0 Å². The van der Waals surface area contributed by atoms with Gasteiger partial charge in [-0.3, -0.25) is 4.79 Å². The highest BCUT2D eigenvalue weighted by molar-refractivity contribution is 9.10. The van der Waals surface area contributed by atoms with E-state index in [1.54, 1.807) is 19.9 Å². The molecule has 1 amide bonds. The predicted octanol–water partition coefficient (Wildman–Crippen LogP) is 2.41. The van der Waals surface area contributed by atoms with E-state index >= 15 is 0 Å². The first-order valence-corrected chi connectivity index (χ1v) is 5.85. The Morgan fingerprint density at radius 2 is 2.31 bits per heavy atom. The number of terminal acetylenes is 1. The Hall–Kier alpha value is -1.21. The van der Waals surface area contributed by atoms with Crippen molar-refractivity contribution < 1.29 is 4.79 Å². The maximum absolute atomic E-state index is 12.0. The molecule has 1 N–H and O–H groups in total. The van der Waals surface area contributed by atoms with Gasteiger partial charge in [-0.1, -0.05) is 5.92 Å². The van der Waals surface area contributed by atoms with Crippen LogP contribution in [0.15, 0.2) is 16.7 Å². The minimum atomic E-state index is -0.633. The van der Waals surface area contributed by atoms with E-state index in [0.717, 1.165) is 11.0 Å². The number of carbonyl (C=O) groups is 1. The molecule has 1 heterocycles. The zero-order valence-corrected chi connectivity index (χ0v) is 11.3. The van der Waals surface area contributed by atoms with Crippen molar-refractivity contribution in [3.63, 3.8) is 0 Å². The molecule has 0 aromatic carbocycles. The van der Waals surface area contributed by atoms with Gasteiger partial charge < -0.3 is 9.88 Å². The van der Waals surface area contributed by atoms with Crippen LogP contribution >= 0.6 is 15.9 Å². The van der Waals surface area contributed by atoms with E-state index in [4.69, 9.17) is 6.42 Å². The first-order valence-electron chi connectivity index (χ1n) is 5.05. The number of aryl methyl sites for hydroxylation is 1. The normalized spacial score (nSPS) is 10.9. The van der Waals surface area contributed by atoms with Crippen molar-refractivity contribution in [2.24, 2.45) is 0 Å². The van der Waals surface area contributed by atoms with Crippen LogP contribution in [0.5, 0.6) is 0 Å². The molecule has 0 unspecified atom stereocenters. The smallest absolute Gasteiger partial charge is 0.269 e. The van der Waals surface area contributed by atoms with E-state index in [9.17, 15) is 4.79 Å². The molecule has 3 nitrogen and oxygen atoms in total. The highest BCUT2D eigenvalue weighted by Gasteiger charge is 2.20. The highest BCUT2D eigenvalue weighted by atomic mass is 79.9. The van der Waals surface area contributed by atoms with Gasteiger partial charge >= 0.3 is 0 Å². The summed E-state index contributed by atoms with van der Waals surface area (Å²) in [7, 11) is 0. The van der Waals surface area contributed by atoms with Crippen molar-refractivity contribution in [2.45, 2.75) is 32.9 Å². The third-order valence-corrected chi connectivity index (χ3v) is 2.66. The molecule has 0 atom stereocenters. The third kappa shape index (κ3) is 2.89. The van der Waals surface area contributed by atoms with Crippen LogP contribution in [0.4, 0.5) is 0 Å². The van der Waals surface area contributed by atoms with Crippen LogP contribution < -0.4 is 5.32 Å². The second kappa shape index (κ2) is 4.75. The molecular weight excluding hydrogens is 268 g/mol. The molecule has 1 aromatic rings. The summed E-state index contributed by atoms with van der Waals surface area (Å²) >= 11 is 3.35. The van der Waals surface area contributed by atoms with Crippen LogP contribution in [0, 0.1) is 12.3 Å². The lowest BCUT2D eigenvalue weighted by Crippen LogP contribution is -2.42. The topological polar surface area (TPSA) is 34.0 Å². The lowest BCUT2D eigenvalue weighted by Gasteiger charge is -2.19. The number of halogens is 1. The first-order chi connectivity index (χ1) is 7.39. The summed E-state index contributed by atoms with van der Waals surface area (Å²) in [5, 5.41) is 2.79. The Bertz CT molecular complexity index is 440. The minimum absolute atomic E-state index is 0.157. The van der Waals surface area contributed by atoms with Gasteiger partial charge in [-0.25, -0.2) is 0 Å². The Balaban J connectivity index is 2.93. The molecule has 0 saturated heterocycles. The molecule has 0 aliphatic carbocycles. The quantitative estimate of drug-likeness (QED) is 0.849. The molecule has 1 aromatic heterocycles. The molecule has 4 heteroatoms. The monoisotopic (exact) mass is 282 g/mol. The average Bonchev–Trinajstić information content (AvgIpc) is 2.59. The SMILES string of the molecule is C#CC(C)(C)NC(=O)c1cc(Br)cn1CC. The summed E-state index contributed by atoms with van der Waals surface area (Å²) in [6, 6.07) is 1.78. The number of hydrogen-bond donors (Lipinski definition) is 1. The summed E-state index contributed by atoms with van der Waals surface area (Å²) in [6.45, 7) is 6.30. The summed E-state index contributed by atoms with van der Waals surface area (Å²) < 4.78 is 2.75. The number of carbonyl (C=O) groups excluding carboxylic acids is 1. The van der Waals surface area contributed by atoms with Gasteiger partial charge in [0.05, 0.1) is 5.54 Å². The van der Waals surface area contributed by atoms with Gasteiger partial charge in [-0.15, -0.1) is 6.42 Å². The van der Waals surface area contributed by atoms with Crippen LogP contribution in [0.25, 0.3) is 0 Å². The summed E-state index contributed by atoms with van der Waals surface area (Å²) in [5.74, 6) is 2.38. The third-order valence-electron chi connectivity index (χ3n) is 2.22. The summed E-state index contributed by atoms with van der Waals surface area (Å²) in [6.07, 6.45) is 7.20.